The van der Waals surface area contributed by atoms with Crippen LogP contribution in [0.2, 0.25) is 0 Å². The van der Waals surface area contributed by atoms with E-state index in [0.29, 0.717) is 6.04 Å². The van der Waals surface area contributed by atoms with Crippen LogP contribution in [0.1, 0.15) is 43.8 Å². The number of nitrogens with zero attached hydrogens (tertiary/aromatic N) is 2. The van der Waals surface area contributed by atoms with Crippen LogP contribution in [0.25, 0.3) is 0 Å². The van der Waals surface area contributed by atoms with Crippen molar-refractivity contribution in [1.29, 1.82) is 0 Å². The van der Waals surface area contributed by atoms with Gasteiger partial charge < -0.3 is 14.6 Å². The summed E-state index contributed by atoms with van der Waals surface area (Å²) in [6.07, 6.45) is 2.45. The van der Waals surface area contributed by atoms with Gasteiger partial charge in [0.1, 0.15) is 11.5 Å². The van der Waals surface area contributed by atoms with E-state index < -0.39 is 0 Å². The Labute approximate surface area is 129 Å². The fourth-order valence-electron chi connectivity index (χ4n) is 3.19. The standard InChI is InChI=1S/C17H31N3O/c1-5-16-12-19(4)8-7-9-20(16)13-17-10-15(11-18-6-2)14(3)21-17/h10,16,18H,5-9,11-13H2,1-4H3. The smallest absolute Gasteiger partial charge is 0.118 e. The summed E-state index contributed by atoms with van der Waals surface area (Å²) in [5.41, 5.74) is 1.30. The third-order valence-electron chi connectivity index (χ3n) is 4.49. The second-order valence-corrected chi connectivity index (χ2v) is 6.22. The molecule has 1 unspecified atom stereocenters. The molecule has 21 heavy (non-hydrogen) atoms. The van der Waals surface area contributed by atoms with Crippen molar-refractivity contribution in [3.63, 3.8) is 0 Å². The van der Waals surface area contributed by atoms with Crippen LogP contribution in [0.5, 0.6) is 0 Å². The molecule has 0 amide bonds. The van der Waals surface area contributed by atoms with Gasteiger partial charge in [-0.2, -0.15) is 0 Å². The lowest BCUT2D eigenvalue weighted by atomic mass is 10.1. The van der Waals surface area contributed by atoms with E-state index in [0.717, 1.165) is 31.2 Å². The highest BCUT2D eigenvalue weighted by Crippen LogP contribution is 2.20. The lowest BCUT2D eigenvalue weighted by Crippen LogP contribution is -2.39. The Kier molecular flexibility index (Phi) is 6.27. The van der Waals surface area contributed by atoms with Crippen molar-refractivity contribution in [3.8, 4) is 0 Å². The Balaban J connectivity index is 2.02. The molecule has 1 aliphatic heterocycles. The number of hydrogen-bond acceptors (Lipinski definition) is 4. The second kappa shape index (κ2) is 7.97. The average molecular weight is 293 g/mol. The first-order chi connectivity index (χ1) is 10.1. The molecule has 0 bridgehead atoms. The summed E-state index contributed by atoms with van der Waals surface area (Å²) in [7, 11) is 2.23. The van der Waals surface area contributed by atoms with E-state index >= 15 is 0 Å². The number of likely N-dealkylation sites (N-methyl/N-ethyl adjacent to an activating group) is 1. The van der Waals surface area contributed by atoms with Crippen molar-refractivity contribution in [2.24, 2.45) is 0 Å². The first kappa shape index (κ1) is 16.5. The maximum atomic E-state index is 5.98. The molecule has 1 saturated heterocycles. The van der Waals surface area contributed by atoms with Crippen LogP contribution in [0.4, 0.5) is 0 Å². The van der Waals surface area contributed by atoms with Crippen LogP contribution in [0, 0.1) is 6.92 Å². The van der Waals surface area contributed by atoms with Crippen molar-refractivity contribution < 1.29 is 4.42 Å². The van der Waals surface area contributed by atoms with Crippen molar-refractivity contribution >= 4 is 0 Å². The molecule has 4 nitrogen and oxygen atoms in total. The second-order valence-electron chi connectivity index (χ2n) is 6.22. The SMILES string of the molecule is CCNCc1cc(CN2CCCN(C)CC2CC)oc1C. The highest BCUT2D eigenvalue weighted by molar-refractivity contribution is 5.20. The molecule has 1 N–H and O–H groups in total. The van der Waals surface area contributed by atoms with Gasteiger partial charge >= 0.3 is 0 Å². The van der Waals surface area contributed by atoms with Crippen LogP contribution in [-0.4, -0.2) is 49.1 Å². The summed E-state index contributed by atoms with van der Waals surface area (Å²) < 4.78 is 5.98. The predicted molar refractivity (Wildman–Crippen MR) is 87.4 cm³/mol. The van der Waals surface area contributed by atoms with Crippen LogP contribution in [0.3, 0.4) is 0 Å². The van der Waals surface area contributed by atoms with Gasteiger partial charge in [-0.15, -0.1) is 0 Å². The highest BCUT2D eigenvalue weighted by Gasteiger charge is 2.23. The molecule has 4 heteroatoms. The van der Waals surface area contributed by atoms with Gasteiger partial charge in [-0.1, -0.05) is 13.8 Å². The van der Waals surface area contributed by atoms with Gasteiger partial charge in [-0.25, -0.2) is 0 Å². The van der Waals surface area contributed by atoms with E-state index in [4.69, 9.17) is 4.42 Å². The van der Waals surface area contributed by atoms with Gasteiger partial charge in [0.15, 0.2) is 0 Å². The van der Waals surface area contributed by atoms with Crippen molar-refractivity contribution in [2.45, 2.75) is 52.7 Å². The van der Waals surface area contributed by atoms with E-state index in [9.17, 15) is 0 Å². The topological polar surface area (TPSA) is 31.6 Å². The third-order valence-corrected chi connectivity index (χ3v) is 4.49. The minimum absolute atomic E-state index is 0.639. The molecule has 1 aromatic rings. The minimum atomic E-state index is 0.639. The van der Waals surface area contributed by atoms with E-state index in [1.54, 1.807) is 0 Å². The molecular formula is C17H31N3O. The summed E-state index contributed by atoms with van der Waals surface area (Å²) in [6.45, 7) is 12.9. The number of nitrogens with one attached hydrogen (secondary N) is 1. The summed E-state index contributed by atoms with van der Waals surface area (Å²) in [5, 5.41) is 3.38. The van der Waals surface area contributed by atoms with Crippen molar-refractivity contribution in [3.05, 3.63) is 23.2 Å². The summed E-state index contributed by atoms with van der Waals surface area (Å²) in [4.78, 5) is 5.05. The van der Waals surface area contributed by atoms with E-state index in [2.05, 4.69) is 49.0 Å². The molecule has 2 rings (SSSR count). The quantitative estimate of drug-likeness (QED) is 0.874. The van der Waals surface area contributed by atoms with Gasteiger partial charge in [-0.05, 0) is 46.0 Å². The van der Waals surface area contributed by atoms with Gasteiger partial charge in [0.25, 0.3) is 0 Å². The minimum Gasteiger partial charge on any atom is -0.465 e. The van der Waals surface area contributed by atoms with Crippen molar-refractivity contribution in [2.75, 3.05) is 33.2 Å². The van der Waals surface area contributed by atoms with Gasteiger partial charge in [0.2, 0.25) is 0 Å². The molecule has 1 atom stereocenters. The zero-order valence-corrected chi connectivity index (χ0v) is 14.1. The van der Waals surface area contributed by atoms with Crippen LogP contribution >= 0.6 is 0 Å². The van der Waals surface area contributed by atoms with Crippen molar-refractivity contribution in [1.82, 2.24) is 15.1 Å². The number of aryl methyl sites for hydroxylation is 1. The normalized spacial score (nSPS) is 21.6. The van der Waals surface area contributed by atoms with Gasteiger partial charge in [0.05, 0.1) is 6.54 Å². The van der Waals surface area contributed by atoms with Gasteiger partial charge in [-0.3, -0.25) is 4.90 Å². The largest absolute Gasteiger partial charge is 0.465 e. The lowest BCUT2D eigenvalue weighted by molar-refractivity contribution is 0.164. The number of hydrogen-bond donors (Lipinski definition) is 1. The van der Waals surface area contributed by atoms with Gasteiger partial charge in [0, 0.05) is 31.2 Å². The molecule has 1 aliphatic rings. The first-order valence-corrected chi connectivity index (χ1v) is 8.35. The summed E-state index contributed by atoms with van der Waals surface area (Å²) in [6, 6.07) is 2.87. The molecular weight excluding hydrogens is 262 g/mol. The van der Waals surface area contributed by atoms with Crippen LogP contribution in [-0.2, 0) is 13.1 Å². The Morgan fingerprint density at radius 1 is 1.33 bits per heavy atom. The molecule has 0 radical (unpaired) electrons. The molecule has 0 saturated carbocycles. The summed E-state index contributed by atoms with van der Waals surface area (Å²) in [5.74, 6) is 2.18. The number of rotatable bonds is 6. The Hall–Kier alpha value is -0.840. The average Bonchev–Trinajstić information content (AvgIpc) is 2.70. The highest BCUT2D eigenvalue weighted by atomic mass is 16.3. The van der Waals surface area contributed by atoms with Crippen LogP contribution < -0.4 is 5.32 Å². The lowest BCUT2D eigenvalue weighted by Gasteiger charge is -2.29. The first-order valence-electron chi connectivity index (χ1n) is 8.35. The molecule has 120 valence electrons. The third kappa shape index (κ3) is 4.56. The zero-order valence-electron chi connectivity index (χ0n) is 14.1. The summed E-state index contributed by atoms with van der Waals surface area (Å²) >= 11 is 0. The number of furan rings is 1. The van der Waals surface area contributed by atoms with Crippen LogP contribution in [0.15, 0.2) is 10.5 Å². The molecule has 1 fully saturated rings. The fourth-order valence-corrected chi connectivity index (χ4v) is 3.19. The van der Waals surface area contributed by atoms with E-state index in [1.807, 2.05) is 0 Å². The predicted octanol–water partition coefficient (Wildman–Crippen LogP) is 2.61. The molecule has 0 aromatic carbocycles. The Morgan fingerprint density at radius 2 is 2.14 bits per heavy atom. The molecule has 0 spiro atoms. The maximum Gasteiger partial charge on any atom is 0.118 e. The monoisotopic (exact) mass is 293 g/mol. The molecule has 2 heterocycles. The Bertz CT molecular complexity index is 430. The van der Waals surface area contributed by atoms with E-state index in [1.165, 1.54) is 38.0 Å². The van der Waals surface area contributed by atoms with E-state index in [-0.39, 0.29) is 0 Å². The molecule has 0 aliphatic carbocycles. The molecule has 1 aromatic heterocycles. The zero-order chi connectivity index (χ0) is 15.2. The Morgan fingerprint density at radius 3 is 2.86 bits per heavy atom. The fraction of sp³-hybridized carbons (Fsp3) is 0.765. The maximum absolute atomic E-state index is 5.98.